The molecule has 2 amide bonds. The quantitative estimate of drug-likeness (QED) is 0.847. The smallest absolute Gasteiger partial charge is 0.319 e. The van der Waals surface area contributed by atoms with Crippen molar-refractivity contribution in [3.63, 3.8) is 0 Å². The largest absolute Gasteiger partial charge is 0.378 e. The molecule has 1 heterocycles. The van der Waals surface area contributed by atoms with Gasteiger partial charge < -0.3 is 20.3 Å². The van der Waals surface area contributed by atoms with E-state index in [2.05, 4.69) is 21.6 Å². The molecule has 0 aromatic heterocycles. The SMILES string of the molecule is O=C(NCC12CC3CC(CC(C3)C1)C2)Nc1ccccc1N1CCOCC1. The van der Waals surface area contributed by atoms with Crippen LogP contribution in [-0.4, -0.2) is 38.9 Å². The van der Waals surface area contributed by atoms with Gasteiger partial charge >= 0.3 is 6.03 Å². The molecular formula is C22H31N3O2. The van der Waals surface area contributed by atoms with Crippen LogP contribution >= 0.6 is 0 Å². The number of ether oxygens (including phenoxy) is 1. The molecule has 5 nitrogen and oxygen atoms in total. The summed E-state index contributed by atoms with van der Waals surface area (Å²) in [5.74, 6) is 2.76. The molecule has 27 heavy (non-hydrogen) atoms. The third-order valence-corrected chi connectivity index (χ3v) is 7.29. The van der Waals surface area contributed by atoms with E-state index in [9.17, 15) is 4.79 Å². The number of para-hydroxylation sites is 2. The predicted octanol–water partition coefficient (Wildman–Crippen LogP) is 3.86. The van der Waals surface area contributed by atoms with Gasteiger partial charge in [-0.25, -0.2) is 4.79 Å². The minimum atomic E-state index is -0.0635. The Hall–Kier alpha value is -1.75. The molecule has 2 N–H and O–H groups in total. The Bertz CT molecular complexity index is 663. The van der Waals surface area contributed by atoms with Crippen molar-refractivity contribution in [2.24, 2.45) is 23.2 Å². The highest BCUT2D eigenvalue weighted by molar-refractivity contribution is 5.93. The van der Waals surface area contributed by atoms with Gasteiger partial charge in [0, 0.05) is 19.6 Å². The number of hydrogen-bond donors (Lipinski definition) is 2. The highest BCUT2D eigenvalue weighted by atomic mass is 16.5. The monoisotopic (exact) mass is 369 g/mol. The fourth-order valence-electron chi connectivity index (χ4n) is 6.60. The Balaban J connectivity index is 1.22. The number of morpholine rings is 1. The number of amides is 2. The summed E-state index contributed by atoms with van der Waals surface area (Å²) in [6, 6.07) is 8.03. The molecule has 5 fully saturated rings. The van der Waals surface area contributed by atoms with Crippen LogP contribution < -0.4 is 15.5 Å². The summed E-state index contributed by atoms with van der Waals surface area (Å²) in [5, 5.41) is 6.33. The van der Waals surface area contributed by atoms with Crippen LogP contribution in [0, 0.1) is 23.2 Å². The molecular weight excluding hydrogens is 338 g/mol. The number of hydrogen-bond acceptors (Lipinski definition) is 3. The minimum Gasteiger partial charge on any atom is -0.378 e. The van der Waals surface area contributed by atoms with Gasteiger partial charge in [0.25, 0.3) is 0 Å². The Kier molecular flexibility index (Phi) is 4.50. The first-order chi connectivity index (χ1) is 13.2. The first-order valence-electron chi connectivity index (χ1n) is 10.7. The fraction of sp³-hybridized carbons (Fsp3) is 0.682. The van der Waals surface area contributed by atoms with Crippen molar-refractivity contribution < 1.29 is 9.53 Å². The van der Waals surface area contributed by atoms with E-state index in [1.807, 2.05) is 18.2 Å². The van der Waals surface area contributed by atoms with Crippen molar-refractivity contribution in [2.45, 2.75) is 38.5 Å². The van der Waals surface area contributed by atoms with Crippen molar-refractivity contribution in [1.82, 2.24) is 5.32 Å². The lowest BCUT2D eigenvalue weighted by Crippen LogP contribution is -2.51. The van der Waals surface area contributed by atoms with Crippen molar-refractivity contribution in [1.29, 1.82) is 0 Å². The number of rotatable bonds is 4. The van der Waals surface area contributed by atoms with Crippen LogP contribution in [-0.2, 0) is 4.74 Å². The number of benzene rings is 1. The lowest BCUT2D eigenvalue weighted by atomic mass is 9.49. The molecule has 1 aromatic rings. The molecule has 0 unspecified atom stereocenters. The van der Waals surface area contributed by atoms with Crippen molar-refractivity contribution in [3.8, 4) is 0 Å². The molecule has 4 aliphatic carbocycles. The van der Waals surface area contributed by atoms with E-state index < -0.39 is 0 Å². The van der Waals surface area contributed by atoms with Crippen LogP contribution in [0.1, 0.15) is 38.5 Å². The number of carbonyl (C=O) groups is 1. The van der Waals surface area contributed by atoms with Gasteiger partial charge in [0.05, 0.1) is 24.6 Å². The maximum atomic E-state index is 12.7. The first kappa shape index (κ1) is 17.4. The summed E-state index contributed by atoms with van der Waals surface area (Å²) in [4.78, 5) is 15.0. The third kappa shape index (κ3) is 3.54. The topological polar surface area (TPSA) is 53.6 Å². The van der Waals surface area contributed by atoms with Crippen molar-refractivity contribution in [3.05, 3.63) is 24.3 Å². The lowest BCUT2D eigenvalue weighted by molar-refractivity contribution is -0.0496. The van der Waals surface area contributed by atoms with E-state index in [1.54, 1.807) is 0 Å². The maximum absolute atomic E-state index is 12.7. The minimum absolute atomic E-state index is 0.0635. The predicted molar refractivity (Wildman–Crippen MR) is 107 cm³/mol. The van der Waals surface area contributed by atoms with Crippen LogP contribution in [0.5, 0.6) is 0 Å². The van der Waals surface area contributed by atoms with Crippen LogP contribution in [0.25, 0.3) is 0 Å². The second-order valence-corrected chi connectivity index (χ2v) is 9.34. The Morgan fingerprint density at radius 3 is 2.33 bits per heavy atom. The van der Waals surface area contributed by atoms with Gasteiger partial charge in [-0.3, -0.25) is 0 Å². The molecule has 0 atom stereocenters. The van der Waals surface area contributed by atoms with Crippen molar-refractivity contribution >= 4 is 17.4 Å². The molecule has 4 bridgehead atoms. The fourth-order valence-corrected chi connectivity index (χ4v) is 6.60. The molecule has 4 saturated carbocycles. The average Bonchev–Trinajstić information content (AvgIpc) is 2.67. The zero-order valence-corrected chi connectivity index (χ0v) is 16.1. The third-order valence-electron chi connectivity index (χ3n) is 7.29. The summed E-state index contributed by atoms with van der Waals surface area (Å²) in [5.41, 5.74) is 2.35. The van der Waals surface area contributed by atoms with Gasteiger partial charge in [-0.1, -0.05) is 12.1 Å². The summed E-state index contributed by atoms with van der Waals surface area (Å²) >= 11 is 0. The van der Waals surface area contributed by atoms with E-state index in [1.165, 1.54) is 38.5 Å². The Morgan fingerprint density at radius 1 is 1.04 bits per heavy atom. The molecule has 5 aliphatic rings. The van der Waals surface area contributed by atoms with Crippen LogP contribution in [0.3, 0.4) is 0 Å². The molecule has 0 spiro atoms. The zero-order valence-electron chi connectivity index (χ0n) is 16.1. The standard InChI is InChI=1S/C22H31N3O2/c26-21(23-15-22-12-16-9-17(13-22)11-18(10-16)14-22)24-19-3-1-2-4-20(19)25-5-7-27-8-6-25/h1-4,16-18H,5-15H2,(H2,23,24,26). The lowest BCUT2D eigenvalue weighted by Gasteiger charge is -2.56. The summed E-state index contributed by atoms with van der Waals surface area (Å²) in [6.07, 6.45) is 8.30. The first-order valence-corrected chi connectivity index (χ1v) is 10.7. The van der Waals surface area contributed by atoms with E-state index in [-0.39, 0.29) is 6.03 Å². The van der Waals surface area contributed by atoms with E-state index >= 15 is 0 Å². The highest BCUT2D eigenvalue weighted by Crippen LogP contribution is 2.59. The number of nitrogens with one attached hydrogen (secondary N) is 2. The maximum Gasteiger partial charge on any atom is 0.319 e. The summed E-state index contributed by atoms with van der Waals surface area (Å²) in [7, 11) is 0. The van der Waals surface area contributed by atoms with Gasteiger partial charge in [0.15, 0.2) is 0 Å². The molecule has 1 aromatic carbocycles. The molecule has 1 aliphatic heterocycles. The number of carbonyl (C=O) groups excluding carboxylic acids is 1. The number of anilines is 2. The molecule has 146 valence electrons. The van der Waals surface area contributed by atoms with Gasteiger partial charge in [-0.15, -0.1) is 0 Å². The second-order valence-electron chi connectivity index (χ2n) is 9.34. The van der Waals surface area contributed by atoms with Crippen molar-refractivity contribution in [2.75, 3.05) is 43.1 Å². The Labute approximate surface area is 161 Å². The normalized spacial score (nSPS) is 34.5. The van der Waals surface area contributed by atoms with E-state index in [0.717, 1.165) is 62.0 Å². The van der Waals surface area contributed by atoms with Crippen LogP contribution in [0.15, 0.2) is 24.3 Å². The van der Waals surface area contributed by atoms with Gasteiger partial charge in [-0.2, -0.15) is 0 Å². The molecule has 0 radical (unpaired) electrons. The van der Waals surface area contributed by atoms with Gasteiger partial charge in [0.1, 0.15) is 0 Å². The summed E-state index contributed by atoms with van der Waals surface area (Å²) in [6.45, 7) is 4.06. The molecule has 5 heteroatoms. The highest BCUT2D eigenvalue weighted by Gasteiger charge is 2.50. The average molecular weight is 370 g/mol. The number of urea groups is 1. The Morgan fingerprint density at radius 2 is 1.67 bits per heavy atom. The van der Waals surface area contributed by atoms with E-state index in [4.69, 9.17) is 4.74 Å². The van der Waals surface area contributed by atoms with Crippen LogP contribution in [0.4, 0.5) is 16.2 Å². The number of nitrogens with zero attached hydrogens (tertiary/aromatic N) is 1. The van der Waals surface area contributed by atoms with Gasteiger partial charge in [-0.05, 0) is 73.8 Å². The molecule has 6 rings (SSSR count). The summed E-state index contributed by atoms with van der Waals surface area (Å²) < 4.78 is 5.46. The van der Waals surface area contributed by atoms with E-state index in [0.29, 0.717) is 5.41 Å². The van der Waals surface area contributed by atoms with Crippen LogP contribution in [0.2, 0.25) is 0 Å². The zero-order chi connectivity index (χ0) is 18.3. The molecule has 1 saturated heterocycles. The van der Waals surface area contributed by atoms with Gasteiger partial charge in [0.2, 0.25) is 0 Å². The second kappa shape index (κ2) is 7.01.